The van der Waals surface area contributed by atoms with Crippen molar-refractivity contribution in [3.05, 3.63) is 0 Å². The van der Waals surface area contributed by atoms with Crippen LogP contribution in [0.3, 0.4) is 0 Å². The van der Waals surface area contributed by atoms with E-state index in [0.717, 1.165) is 0 Å². The first-order valence-corrected chi connectivity index (χ1v) is 5.57. The fourth-order valence-electron chi connectivity index (χ4n) is 1.00. The molecule has 0 radical (unpaired) electrons. The Kier molecular flexibility index (Phi) is 6.01. The van der Waals surface area contributed by atoms with Crippen LogP contribution in [0.1, 0.15) is 33.6 Å². The van der Waals surface area contributed by atoms with Gasteiger partial charge in [-0.3, -0.25) is 9.59 Å². The smallest absolute Gasteiger partial charge is 0.408 e. The summed E-state index contributed by atoms with van der Waals surface area (Å²) in [6, 6.07) is -0.930. The number of primary amides is 1. The standard InChI is InChI=1S/C10H18N2O4S/c1-10(2,3)16-9(15)12-6(8(11)14)4-5-7(13)17/h6H,4-5H2,1-3H3,(H2,11,14)(H,12,15)(H,13,17)/t6-/m0/s1. The number of rotatable bonds is 5. The lowest BCUT2D eigenvalue weighted by Crippen LogP contribution is -2.46. The fraction of sp³-hybridized carbons (Fsp3) is 0.700. The number of amides is 2. The highest BCUT2D eigenvalue weighted by Gasteiger charge is 2.22. The highest BCUT2D eigenvalue weighted by molar-refractivity contribution is 7.96. The Morgan fingerprint density at radius 1 is 1.35 bits per heavy atom. The second-order valence-corrected chi connectivity index (χ2v) is 5.03. The van der Waals surface area contributed by atoms with E-state index in [1.165, 1.54) is 0 Å². The molecule has 0 rings (SSSR count). The number of carbonyl (C=O) groups excluding carboxylic acids is 3. The highest BCUT2D eigenvalue weighted by atomic mass is 32.1. The molecule has 0 spiro atoms. The predicted octanol–water partition coefficient (Wildman–Crippen LogP) is 0.602. The van der Waals surface area contributed by atoms with Gasteiger partial charge in [0.2, 0.25) is 5.91 Å². The SMILES string of the molecule is CC(C)(C)OC(=O)N[C@@H](CCC(=O)S)C(N)=O. The molecule has 0 bridgehead atoms. The summed E-state index contributed by atoms with van der Waals surface area (Å²) in [6.45, 7) is 5.09. The molecule has 3 N–H and O–H groups in total. The van der Waals surface area contributed by atoms with Gasteiger partial charge in [0.1, 0.15) is 11.6 Å². The number of hydrogen-bond acceptors (Lipinski definition) is 4. The third-order valence-corrected chi connectivity index (χ3v) is 1.90. The Hall–Kier alpha value is -1.24. The van der Waals surface area contributed by atoms with Crippen molar-refractivity contribution in [1.29, 1.82) is 0 Å². The minimum Gasteiger partial charge on any atom is -0.444 e. The summed E-state index contributed by atoms with van der Waals surface area (Å²) in [4.78, 5) is 33.1. The minimum atomic E-state index is -0.930. The first-order valence-electron chi connectivity index (χ1n) is 5.12. The van der Waals surface area contributed by atoms with E-state index in [1.54, 1.807) is 20.8 Å². The number of alkyl carbamates (subject to hydrolysis) is 1. The molecular formula is C10H18N2O4S. The maximum Gasteiger partial charge on any atom is 0.408 e. The predicted molar refractivity (Wildman–Crippen MR) is 65.6 cm³/mol. The molecular weight excluding hydrogens is 244 g/mol. The maximum absolute atomic E-state index is 11.4. The summed E-state index contributed by atoms with van der Waals surface area (Å²) in [6.07, 6.45) is -0.586. The molecule has 98 valence electrons. The molecule has 0 aromatic rings. The number of thiol groups is 1. The summed E-state index contributed by atoms with van der Waals surface area (Å²) in [5.74, 6) is -0.717. The van der Waals surface area contributed by atoms with Crippen molar-refractivity contribution in [3.8, 4) is 0 Å². The van der Waals surface area contributed by atoms with Gasteiger partial charge in [0.15, 0.2) is 5.12 Å². The van der Waals surface area contributed by atoms with E-state index >= 15 is 0 Å². The molecule has 2 amide bonds. The Balaban J connectivity index is 4.30. The molecule has 1 atom stereocenters. The normalized spacial score (nSPS) is 12.7. The van der Waals surface area contributed by atoms with Gasteiger partial charge in [-0.1, -0.05) is 0 Å². The lowest BCUT2D eigenvalue weighted by atomic mass is 10.1. The van der Waals surface area contributed by atoms with Gasteiger partial charge in [-0.15, -0.1) is 12.6 Å². The van der Waals surface area contributed by atoms with E-state index < -0.39 is 23.6 Å². The van der Waals surface area contributed by atoms with Crippen molar-refractivity contribution in [1.82, 2.24) is 5.32 Å². The fourth-order valence-corrected chi connectivity index (χ4v) is 1.13. The van der Waals surface area contributed by atoms with Crippen LogP contribution in [-0.4, -0.2) is 28.8 Å². The second-order valence-electron chi connectivity index (χ2n) is 4.53. The zero-order valence-corrected chi connectivity index (χ0v) is 11.0. The number of carbonyl (C=O) groups is 3. The summed E-state index contributed by atoms with van der Waals surface area (Å²) in [5, 5.41) is 1.93. The molecule has 0 unspecified atom stereocenters. The van der Waals surface area contributed by atoms with Gasteiger partial charge in [0, 0.05) is 6.42 Å². The Bertz CT molecular complexity index is 312. The molecule has 0 aromatic heterocycles. The van der Waals surface area contributed by atoms with Gasteiger partial charge in [-0.2, -0.15) is 0 Å². The zero-order valence-electron chi connectivity index (χ0n) is 10.1. The molecule has 0 fully saturated rings. The van der Waals surface area contributed by atoms with Crippen LogP contribution < -0.4 is 11.1 Å². The quantitative estimate of drug-likeness (QED) is 0.632. The van der Waals surface area contributed by atoms with E-state index in [0.29, 0.717) is 0 Å². The topological polar surface area (TPSA) is 98.5 Å². The average molecular weight is 262 g/mol. The van der Waals surface area contributed by atoms with Crippen LogP contribution in [0.2, 0.25) is 0 Å². The highest BCUT2D eigenvalue weighted by Crippen LogP contribution is 2.08. The van der Waals surface area contributed by atoms with Crippen LogP contribution in [0.5, 0.6) is 0 Å². The number of ether oxygens (including phenoxy) is 1. The third-order valence-electron chi connectivity index (χ3n) is 1.68. The van der Waals surface area contributed by atoms with Crippen molar-refractivity contribution < 1.29 is 19.1 Å². The van der Waals surface area contributed by atoms with Crippen LogP contribution in [0.4, 0.5) is 4.79 Å². The van der Waals surface area contributed by atoms with Crippen LogP contribution >= 0.6 is 12.6 Å². The molecule has 0 saturated carbocycles. The van der Waals surface area contributed by atoms with Gasteiger partial charge < -0.3 is 15.8 Å². The molecule has 0 aromatic carbocycles. The number of nitrogens with one attached hydrogen (secondary N) is 1. The van der Waals surface area contributed by atoms with Crippen molar-refractivity contribution in [2.24, 2.45) is 5.73 Å². The number of nitrogens with two attached hydrogens (primary N) is 1. The van der Waals surface area contributed by atoms with Crippen molar-refractivity contribution >= 4 is 29.7 Å². The summed E-state index contributed by atoms with van der Waals surface area (Å²) >= 11 is 3.57. The van der Waals surface area contributed by atoms with E-state index in [-0.39, 0.29) is 18.0 Å². The lowest BCUT2D eigenvalue weighted by Gasteiger charge is -2.22. The molecule has 0 aliphatic rings. The minimum absolute atomic E-state index is 0.0481. The summed E-state index contributed by atoms with van der Waals surface area (Å²) < 4.78 is 4.96. The first-order chi connectivity index (χ1) is 7.61. The van der Waals surface area contributed by atoms with Crippen molar-refractivity contribution in [3.63, 3.8) is 0 Å². The Labute approximate surface area is 106 Å². The molecule has 6 nitrogen and oxygen atoms in total. The second kappa shape index (κ2) is 6.48. The number of hydrogen-bond donors (Lipinski definition) is 3. The maximum atomic E-state index is 11.4. The third kappa shape index (κ3) is 8.56. The molecule has 17 heavy (non-hydrogen) atoms. The monoisotopic (exact) mass is 262 g/mol. The van der Waals surface area contributed by atoms with Gasteiger partial charge in [0.05, 0.1) is 0 Å². The van der Waals surface area contributed by atoms with Gasteiger partial charge >= 0.3 is 6.09 Å². The average Bonchev–Trinajstić information content (AvgIpc) is 2.08. The van der Waals surface area contributed by atoms with E-state index in [9.17, 15) is 14.4 Å². The Morgan fingerprint density at radius 3 is 2.24 bits per heavy atom. The van der Waals surface area contributed by atoms with E-state index in [1.807, 2.05) is 0 Å². The molecule has 0 heterocycles. The van der Waals surface area contributed by atoms with Crippen LogP contribution in [0, 0.1) is 0 Å². The largest absolute Gasteiger partial charge is 0.444 e. The van der Waals surface area contributed by atoms with Crippen LogP contribution in [0.15, 0.2) is 0 Å². The zero-order chi connectivity index (χ0) is 13.6. The van der Waals surface area contributed by atoms with Crippen LogP contribution in [-0.2, 0) is 14.3 Å². The van der Waals surface area contributed by atoms with Gasteiger partial charge in [0.25, 0.3) is 0 Å². The summed E-state index contributed by atoms with van der Waals surface area (Å²) in [7, 11) is 0. The first kappa shape index (κ1) is 15.8. The molecule has 0 saturated heterocycles. The molecule has 0 aliphatic carbocycles. The van der Waals surface area contributed by atoms with Crippen molar-refractivity contribution in [2.45, 2.75) is 45.3 Å². The molecule has 0 aliphatic heterocycles. The van der Waals surface area contributed by atoms with Gasteiger partial charge in [-0.05, 0) is 27.2 Å². The lowest BCUT2D eigenvalue weighted by molar-refractivity contribution is -0.120. The van der Waals surface area contributed by atoms with Crippen LogP contribution in [0.25, 0.3) is 0 Å². The van der Waals surface area contributed by atoms with E-state index in [2.05, 4.69) is 17.9 Å². The molecule has 7 heteroatoms. The van der Waals surface area contributed by atoms with E-state index in [4.69, 9.17) is 10.5 Å². The summed E-state index contributed by atoms with van der Waals surface area (Å²) in [5.41, 5.74) is 4.43. The Morgan fingerprint density at radius 2 is 1.88 bits per heavy atom. The van der Waals surface area contributed by atoms with Gasteiger partial charge in [-0.25, -0.2) is 4.79 Å². The van der Waals surface area contributed by atoms with Crippen molar-refractivity contribution in [2.75, 3.05) is 0 Å².